The second-order valence-electron chi connectivity index (χ2n) is 3.65. The molecule has 92 valence electrons. The fourth-order valence-corrected chi connectivity index (χ4v) is 1.79. The summed E-state index contributed by atoms with van der Waals surface area (Å²) >= 11 is 5.98. The van der Waals surface area contributed by atoms with Crippen LogP contribution in [-0.2, 0) is 0 Å². The summed E-state index contributed by atoms with van der Waals surface area (Å²) in [5, 5.41) is 20.8. The van der Waals surface area contributed by atoms with Crippen molar-refractivity contribution in [1.82, 2.24) is 0 Å². The topological polar surface area (TPSA) is 52.8 Å². The van der Waals surface area contributed by atoms with Crippen molar-refractivity contribution in [3.8, 4) is 16.9 Å². The van der Waals surface area contributed by atoms with Gasteiger partial charge in [-0.3, -0.25) is 0 Å². The van der Waals surface area contributed by atoms with Gasteiger partial charge < -0.3 is 10.3 Å². The Hall–Kier alpha value is -2.07. The third kappa shape index (κ3) is 2.43. The fraction of sp³-hybridized carbons (Fsp3) is 0. The van der Waals surface area contributed by atoms with Crippen molar-refractivity contribution in [2.45, 2.75) is 0 Å². The van der Waals surface area contributed by atoms with E-state index < -0.39 is 11.6 Å². The zero-order valence-corrected chi connectivity index (χ0v) is 9.89. The predicted octanol–water partition coefficient (Wildman–Crippen LogP) is 3.66. The molecule has 0 heterocycles. The van der Waals surface area contributed by atoms with Crippen LogP contribution in [0, 0.1) is 5.82 Å². The van der Waals surface area contributed by atoms with Gasteiger partial charge in [-0.25, -0.2) is 4.39 Å². The van der Waals surface area contributed by atoms with E-state index in [0.717, 1.165) is 0 Å². The standard InChI is InChI=1S/C13H9ClFNO2/c14-11-5-8(1-2-10(11)7-16-18)9-3-4-13(17)12(15)6-9/h1-7,17-18H. The number of oxime groups is 1. The second-order valence-corrected chi connectivity index (χ2v) is 4.05. The van der Waals surface area contributed by atoms with Crippen LogP contribution in [0.15, 0.2) is 41.6 Å². The van der Waals surface area contributed by atoms with Crippen LogP contribution in [0.1, 0.15) is 5.56 Å². The van der Waals surface area contributed by atoms with Crippen LogP contribution in [0.2, 0.25) is 5.02 Å². The molecule has 0 radical (unpaired) electrons. The molecular weight excluding hydrogens is 257 g/mol. The summed E-state index contributed by atoms with van der Waals surface area (Å²) in [4.78, 5) is 0. The molecule has 18 heavy (non-hydrogen) atoms. The summed E-state index contributed by atoms with van der Waals surface area (Å²) in [5.74, 6) is -1.08. The Morgan fingerprint density at radius 3 is 2.39 bits per heavy atom. The number of halogens is 2. The maximum atomic E-state index is 13.2. The lowest BCUT2D eigenvalue weighted by Crippen LogP contribution is -1.86. The molecule has 2 rings (SSSR count). The van der Waals surface area contributed by atoms with E-state index in [-0.39, 0.29) is 0 Å². The lowest BCUT2D eigenvalue weighted by atomic mass is 10.0. The van der Waals surface area contributed by atoms with Crippen molar-refractivity contribution in [1.29, 1.82) is 0 Å². The van der Waals surface area contributed by atoms with Gasteiger partial charge >= 0.3 is 0 Å². The van der Waals surface area contributed by atoms with Crippen LogP contribution in [0.3, 0.4) is 0 Å². The lowest BCUT2D eigenvalue weighted by molar-refractivity contribution is 0.322. The summed E-state index contributed by atoms with van der Waals surface area (Å²) in [7, 11) is 0. The second kappa shape index (κ2) is 5.06. The van der Waals surface area contributed by atoms with Crippen LogP contribution in [0.25, 0.3) is 11.1 Å². The molecule has 2 aromatic carbocycles. The predicted molar refractivity (Wildman–Crippen MR) is 67.9 cm³/mol. The molecular formula is C13H9ClFNO2. The zero-order valence-electron chi connectivity index (χ0n) is 9.14. The number of phenols is 1. The van der Waals surface area contributed by atoms with E-state index in [1.165, 1.54) is 18.3 Å². The van der Waals surface area contributed by atoms with E-state index in [9.17, 15) is 4.39 Å². The first-order valence-corrected chi connectivity index (χ1v) is 5.45. The van der Waals surface area contributed by atoms with Gasteiger partial charge in [0.05, 0.1) is 11.2 Å². The highest BCUT2D eigenvalue weighted by atomic mass is 35.5. The van der Waals surface area contributed by atoms with E-state index in [2.05, 4.69) is 5.16 Å². The Balaban J connectivity index is 2.45. The number of hydrogen-bond acceptors (Lipinski definition) is 3. The largest absolute Gasteiger partial charge is 0.505 e. The van der Waals surface area contributed by atoms with E-state index in [1.54, 1.807) is 24.3 Å². The molecule has 0 bridgehead atoms. The third-order valence-electron chi connectivity index (χ3n) is 2.48. The number of phenolic OH excluding ortho intramolecular Hbond substituents is 1. The van der Waals surface area contributed by atoms with Gasteiger partial charge in [0, 0.05) is 5.56 Å². The maximum absolute atomic E-state index is 13.2. The van der Waals surface area contributed by atoms with Crippen molar-refractivity contribution in [2.75, 3.05) is 0 Å². The molecule has 0 amide bonds. The molecule has 0 spiro atoms. The van der Waals surface area contributed by atoms with Gasteiger partial charge in [-0.15, -0.1) is 0 Å². The molecule has 3 nitrogen and oxygen atoms in total. The van der Waals surface area contributed by atoms with Crippen molar-refractivity contribution >= 4 is 17.8 Å². The molecule has 0 aliphatic carbocycles. The molecule has 0 saturated carbocycles. The highest BCUT2D eigenvalue weighted by Gasteiger charge is 2.06. The highest BCUT2D eigenvalue weighted by molar-refractivity contribution is 6.33. The molecule has 0 saturated heterocycles. The molecule has 0 aliphatic heterocycles. The average molecular weight is 266 g/mol. The van der Waals surface area contributed by atoms with Crippen LogP contribution < -0.4 is 0 Å². The molecule has 2 N–H and O–H groups in total. The van der Waals surface area contributed by atoms with Gasteiger partial charge in [0.25, 0.3) is 0 Å². The SMILES string of the molecule is ON=Cc1ccc(-c2ccc(O)c(F)c2)cc1Cl. The Kier molecular flexibility index (Phi) is 3.48. The smallest absolute Gasteiger partial charge is 0.165 e. The number of benzene rings is 2. The Morgan fingerprint density at radius 2 is 1.78 bits per heavy atom. The number of aromatic hydroxyl groups is 1. The molecule has 0 aliphatic rings. The normalized spacial score (nSPS) is 11.0. The highest BCUT2D eigenvalue weighted by Crippen LogP contribution is 2.28. The minimum Gasteiger partial charge on any atom is -0.505 e. The number of nitrogens with zero attached hydrogens (tertiary/aromatic N) is 1. The summed E-state index contributed by atoms with van der Waals surface area (Å²) in [5.41, 5.74) is 1.86. The van der Waals surface area contributed by atoms with Gasteiger partial charge in [0.1, 0.15) is 0 Å². The molecule has 2 aromatic rings. The van der Waals surface area contributed by atoms with Gasteiger partial charge in [0.2, 0.25) is 0 Å². The van der Waals surface area contributed by atoms with Crippen molar-refractivity contribution in [3.63, 3.8) is 0 Å². The minimum absolute atomic E-state index is 0.388. The van der Waals surface area contributed by atoms with Crippen molar-refractivity contribution in [3.05, 3.63) is 52.8 Å². The third-order valence-corrected chi connectivity index (χ3v) is 2.81. The summed E-state index contributed by atoms with van der Waals surface area (Å²) < 4.78 is 13.2. The molecule has 0 unspecified atom stereocenters. The zero-order chi connectivity index (χ0) is 13.1. The van der Waals surface area contributed by atoms with E-state index in [0.29, 0.717) is 21.7 Å². The Morgan fingerprint density at radius 1 is 1.11 bits per heavy atom. The summed E-state index contributed by atoms with van der Waals surface area (Å²) in [6, 6.07) is 9.09. The summed E-state index contributed by atoms with van der Waals surface area (Å²) in [6.45, 7) is 0. The van der Waals surface area contributed by atoms with Crippen molar-refractivity contribution < 1.29 is 14.7 Å². The van der Waals surface area contributed by atoms with Gasteiger partial charge in [0.15, 0.2) is 11.6 Å². The molecule has 5 heteroatoms. The first kappa shape index (κ1) is 12.4. The lowest BCUT2D eigenvalue weighted by Gasteiger charge is -2.05. The summed E-state index contributed by atoms with van der Waals surface area (Å²) in [6.07, 6.45) is 1.21. The van der Waals surface area contributed by atoms with Crippen LogP contribution in [-0.4, -0.2) is 16.5 Å². The molecule has 0 aromatic heterocycles. The average Bonchev–Trinajstić information content (AvgIpc) is 2.35. The van der Waals surface area contributed by atoms with E-state index >= 15 is 0 Å². The first-order valence-electron chi connectivity index (χ1n) is 5.07. The van der Waals surface area contributed by atoms with Crippen LogP contribution in [0.5, 0.6) is 5.75 Å². The fourth-order valence-electron chi connectivity index (χ4n) is 1.56. The Labute approximate surface area is 108 Å². The van der Waals surface area contributed by atoms with Crippen molar-refractivity contribution in [2.24, 2.45) is 5.16 Å². The van der Waals surface area contributed by atoms with Gasteiger partial charge in [-0.05, 0) is 29.3 Å². The van der Waals surface area contributed by atoms with Gasteiger partial charge in [-0.1, -0.05) is 35.0 Å². The monoisotopic (exact) mass is 265 g/mol. The van der Waals surface area contributed by atoms with E-state index in [1.807, 2.05) is 0 Å². The van der Waals surface area contributed by atoms with Crippen LogP contribution >= 0.6 is 11.6 Å². The number of rotatable bonds is 2. The Bertz CT molecular complexity index is 614. The molecule has 0 atom stereocenters. The van der Waals surface area contributed by atoms with E-state index in [4.69, 9.17) is 21.9 Å². The first-order chi connectivity index (χ1) is 8.61. The minimum atomic E-state index is -0.690. The van der Waals surface area contributed by atoms with Crippen LogP contribution in [0.4, 0.5) is 4.39 Å². The quantitative estimate of drug-likeness (QED) is 0.495. The van der Waals surface area contributed by atoms with Gasteiger partial charge in [-0.2, -0.15) is 0 Å². The maximum Gasteiger partial charge on any atom is 0.165 e. The molecule has 0 fully saturated rings. The number of hydrogen-bond donors (Lipinski definition) is 2.